The minimum absolute atomic E-state index is 0.223. The van der Waals surface area contributed by atoms with Gasteiger partial charge >= 0.3 is 6.09 Å². The third kappa shape index (κ3) is 5.81. The maximum absolute atomic E-state index is 12.2. The Bertz CT molecular complexity index is 315. The lowest BCUT2D eigenvalue weighted by Crippen LogP contribution is -2.50. The fourth-order valence-electron chi connectivity index (χ4n) is 1.99. The molecule has 0 aromatic carbocycles. The highest BCUT2D eigenvalue weighted by molar-refractivity contribution is 5.69. The molecule has 112 valence electrons. The van der Waals surface area contributed by atoms with Crippen molar-refractivity contribution in [1.82, 2.24) is 10.2 Å². The number of rotatable bonds is 4. The molecule has 4 heteroatoms. The smallest absolute Gasteiger partial charge is 0.410 e. The average molecular weight is 270 g/mol. The molecule has 0 aromatic heterocycles. The summed E-state index contributed by atoms with van der Waals surface area (Å²) >= 11 is 0. The third-order valence-electron chi connectivity index (χ3n) is 3.28. The monoisotopic (exact) mass is 270 g/mol. The number of hydrogen-bond donors (Lipinski definition) is 1. The van der Waals surface area contributed by atoms with Crippen LogP contribution in [0.3, 0.4) is 0 Å². The van der Waals surface area contributed by atoms with Gasteiger partial charge in [-0.2, -0.15) is 0 Å². The zero-order valence-electron chi connectivity index (χ0n) is 13.5. The number of hydrogen-bond acceptors (Lipinski definition) is 3. The second-order valence-corrected chi connectivity index (χ2v) is 7.58. The van der Waals surface area contributed by atoms with Gasteiger partial charge in [-0.1, -0.05) is 6.92 Å². The van der Waals surface area contributed by atoms with Gasteiger partial charge in [-0.15, -0.1) is 0 Å². The molecule has 0 spiro atoms. The minimum atomic E-state index is -0.445. The van der Waals surface area contributed by atoms with Crippen molar-refractivity contribution >= 4 is 6.09 Å². The van der Waals surface area contributed by atoms with Gasteiger partial charge in [0.2, 0.25) is 0 Å². The molecule has 1 rings (SSSR count). The molecule has 1 aliphatic carbocycles. The van der Waals surface area contributed by atoms with Crippen molar-refractivity contribution in [1.29, 1.82) is 0 Å². The summed E-state index contributed by atoms with van der Waals surface area (Å²) in [7, 11) is 0. The summed E-state index contributed by atoms with van der Waals surface area (Å²) in [5.41, 5.74) is -0.668. The van der Waals surface area contributed by atoms with E-state index in [9.17, 15) is 4.79 Å². The predicted molar refractivity (Wildman–Crippen MR) is 78.3 cm³/mol. The first-order chi connectivity index (χ1) is 8.50. The molecule has 0 radical (unpaired) electrons. The largest absolute Gasteiger partial charge is 0.444 e. The Morgan fingerprint density at radius 3 is 2.16 bits per heavy atom. The molecule has 1 amide bonds. The van der Waals surface area contributed by atoms with Gasteiger partial charge < -0.3 is 15.0 Å². The summed E-state index contributed by atoms with van der Waals surface area (Å²) in [5.74, 6) is 0.782. The first-order valence-corrected chi connectivity index (χ1v) is 7.25. The van der Waals surface area contributed by atoms with E-state index >= 15 is 0 Å². The van der Waals surface area contributed by atoms with Gasteiger partial charge in [-0.25, -0.2) is 4.79 Å². The number of nitrogens with one attached hydrogen (secondary N) is 1. The quantitative estimate of drug-likeness (QED) is 0.854. The van der Waals surface area contributed by atoms with E-state index < -0.39 is 5.60 Å². The van der Waals surface area contributed by atoms with Crippen LogP contribution >= 0.6 is 0 Å². The van der Waals surface area contributed by atoms with Gasteiger partial charge in [0.05, 0.1) is 0 Å². The van der Waals surface area contributed by atoms with Gasteiger partial charge in [0.15, 0.2) is 0 Å². The molecule has 0 aromatic rings. The van der Waals surface area contributed by atoms with Crippen molar-refractivity contribution < 1.29 is 9.53 Å². The molecule has 0 bridgehead atoms. The van der Waals surface area contributed by atoms with Crippen LogP contribution in [0.1, 0.15) is 54.9 Å². The minimum Gasteiger partial charge on any atom is -0.444 e. The van der Waals surface area contributed by atoms with Crippen LogP contribution in [0.2, 0.25) is 0 Å². The normalized spacial score (nSPS) is 23.1. The molecule has 4 nitrogen and oxygen atoms in total. The summed E-state index contributed by atoms with van der Waals surface area (Å²) in [6.07, 6.45) is 1.02. The second-order valence-electron chi connectivity index (χ2n) is 7.58. The van der Waals surface area contributed by atoms with Crippen molar-refractivity contribution in [3.8, 4) is 0 Å². The van der Waals surface area contributed by atoms with E-state index in [-0.39, 0.29) is 11.6 Å². The third-order valence-corrected chi connectivity index (χ3v) is 3.28. The van der Waals surface area contributed by atoms with Crippen molar-refractivity contribution in [3.63, 3.8) is 0 Å². The van der Waals surface area contributed by atoms with Crippen LogP contribution in [0, 0.1) is 5.92 Å². The molecular formula is C15H30N2O2. The van der Waals surface area contributed by atoms with Crippen molar-refractivity contribution in [3.05, 3.63) is 0 Å². The lowest BCUT2D eigenvalue weighted by molar-refractivity contribution is 0.00660. The highest BCUT2D eigenvalue weighted by atomic mass is 16.6. The lowest BCUT2D eigenvalue weighted by atomic mass is 10.1. The van der Waals surface area contributed by atoms with Crippen LogP contribution in [0.15, 0.2) is 0 Å². The van der Waals surface area contributed by atoms with E-state index in [4.69, 9.17) is 4.74 Å². The fourth-order valence-corrected chi connectivity index (χ4v) is 1.99. The van der Waals surface area contributed by atoms with E-state index in [1.165, 1.54) is 6.42 Å². The predicted octanol–water partition coefficient (Wildman–Crippen LogP) is 3.02. The van der Waals surface area contributed by atoms with E-state index in [0.29, 0.717) is 12.6 Å². The van der Waals surface area contributed by atoms with E-state index in [2.05, 4.69) is 12.2 Å². The standard InChI is InChI=1S/C15H30N2O2/c1-11-10-12(11)16-8-9-17(14(2,3)4)13(18)19-15(5,6)7/h11-12,16H,8-10H2,1-7H3. The van der Waals surface area contributed by atoms with E-state index in [0.717, 1.165) is 12.5 Å². The highest BCUT2D eigenvalue weighted by Crippen LogP contribution is 2.28. The van der Waals surface area contributed by atoms with Crippen molar-refractivity contribution in [2.75, 3.05) is 13.1 Å². The Balaban J connectivity index is 2.49. The van der Waals surface area contributed by atoms with Crippen LogP contribution in [-0.4, -0.2) is 41.3 Å². The van der Waals surface area contributed by atoms with Crippen LogP contribution in [0.5, 0.6) is 0 Å². The molecule has 2 unspecified atom stereocenters. The van der Waals surface area contributed by atoms with Gasteiger partial charge in [0.1, 0.15) is 5.60 Å². The number of carbonyl (C=O) groups is 1. The van der Waals surface area contributed by atoms with Gasteiger partial charge in [-0.05, 0) is 53.9 Å². The molecule has 1 N–H and O–H groups in total. The maximum atomic E-state index is 12.2. The summed E-state index contributed by atoms with van der Waals surface area (Å²) in [4.78, 5) is 14.0. The average Bonchev–Trinajstić information content (AvgIpc) is 2.84. The SMILES string of the molecule is CC1CC1NCCN(C(=O)OC(C)(C)C)C(C)(C)C. The summed E-state index contributed by atoms with van der Waals surface area (Å²) in [6.45, 7) is 15.6. The number of carbonyl (C=O) groups excluding carboxylic acids is 1. The molecule has 0 heterocycles. The Labute approximate surface area is 117 Å². The van der Waals surface area contributed by atoms with Crippen LogP contribution < -0.4 is 5.32 Å². The van der Waals surface area contributed by atoms with Crippen molar-refractivity contribution in [2.24, 2.45) is 5.92 Å². The van der Waals surface area contributed by atoms with Gasteiger partial charge in [-0.3, -0.25) is 0 Å². The van der Waals surface area contributed by atoms with Crippen molar-refractivity contribution in [2.45, 2.75) is 72.1 Å². The molecule has 1 aliphatic rings. The first kappa shape index (κ1) is 16.3. The number of ether oxygens (including phenoxy) is 1. The van der Waals surface area contributed by atoms with Crippen LogP contribution in [0.25, 0.3) is 0 Å². The highest BCUT2D eigenvalue weighted by Gasteiger charge is 2.33. The Morgan fingerprint density at radius 2 is 1.79 bits per heavy atom. The van der Waals surface area contributed by atoms with E-state index in [1.54, 1.807) is 4.90 Å². The zero-order valence-corrected chi connectivity index (χ0v) is 13.5. The fraction of sp³-hybridized carbons (Fsp3) is 0.933. The summed E-state index contributed by atoms with van der Waals surface area (Å²) in [6, 6.07) is 0.639. The molecule has 0 saturated heterocycles. The lowest BCUT2D eigenvalue weighted by Gasteiger charge is -2.37. The Kier molecular flexibility index (Phi) is 4.88. The second kappa shape index (κ2) is 5.70. The van der Waals surface area contributed by atoms with Gasteiger partial charge in [0, 0.05) is 24.7 Å². The molecule has 1 fully saturated rings. The number of nitrogens with zero attached hydrogens (tertiary/aromatic N) is 1. The Hall–Kier alpha value is -0.770. The summed E-state index contributed by atoms with van der Waals surface area (Å²) < 4.78 is 5.48. The molecule has 2 atom stereocenters. The topological polar surface area (TPSA) is 41.6 Å². The number of amides is 1. The maximum Gasteiger partial charge on any atom is 0.410 e. The molecule has 1 saturated carbocycles. The van der Waals surface area contributed by atoms with E-state index in [1.807, 2.05) is 41.5 Å². The van der Waals surface area contributed by atoms with Gasteiger partial charge in [0.25, 0.3) is 0 Å². The first-order valence-electron chi connectivity index (χ1n) is 7.25. The van der Waals surface area contributed by atoms with Crippen LogP contribution in [-0.2, 0) is 4.74 Å². The Morgan fingerprint density at radius 1 is 1.26 bits per heavy atom. The zero-order chi connectivity index (χ0) is 14.8. The molecular weight excluding hydrogens is 240 g/mol. The van der Waals surface area contributed by atoms with Crippen LogP contribution in [0.4, 0.5) is 4.79 Å². The summed E-state index contributed by atoms with van der Waals surface area (Å²) in [5, 5.41) is 3.48. The molecule has 19 heavy (non-hydrogen) atoms. The molecule has 0 aliphatic heterocycles.